The highest BCUT2D eigenvalue weighted by atomic mass is 16.4. The number of amides is 2. The second-order valence-corrected chi connectivity index (χ2v) is 4.02. The van der Waals surface area contributed by atoms with E-state index >= 15 is 0 Å². The number of nitrogens with one attached hydrogen (secondary N) is 2. The highest BCUT2D eigenvalue weighted by Gasteiger charge is 2.23. The molecule has 0 radical (unpaired) electrons. The van der Waals surface area contributed by atoms with Gasteiger partial charge in [-0.05, 0) is 12.0 Å². The summed E-state index contributed by atoms with van der Waals surface area (Å²) in [4.78, 5) is 22.3. The predicted molar refractivity (Wildman–Crippen MR) is 60.3 cm³/mol. The van der Waals surface area contributed by atoms with E-state index in [4.69, 9.17) is 9.52 Å². The van der Waals surface area contributed by atoms with Crippen LogP contribution in [-0.4, -0.2) is 23.1 Å². The van der Waals surface area contributed by atoms with Crippen LogP contribution in [0.1, 0.15) is 19.4 Å². The fourth-order valence-electron chi connectivity index (χ4n) is 1.28. The molecule has 1 heterocycles. The van der Waals surface area contributed by atoms with E-state index in [2.05, 4.69) is 10.6 Å². The molecule has 0 saturated heterocycles. The molecular formula is C11H16N2O4. The van der Waals surface area contributed by atoms with Crippen molar-refractivity contribution in [1.82, 2.24) is 10.6 Å². The van der Waals surface area contributed by atoms with Gasteiger partial charge in [0.25, 0.3) is 0 Å². The van der Waals surface area contributed by atoms with Crippen LogP contribution in [0, 0.1) is 5.92 Å². The van der Waals surface area contributed by atoms with E-state index in [1.807, 2.05) is 0 Å². The molecule has 1 atom stereocenters. The summed E-state index contributed by atoms with van der Waals surface area (Å²) >= 11 is 0. The van der Waals surface area contributed by atoms with Crippen molar-refractivity contribution in [2.24, 2.45) is 5.92 Å². The van der Waals surface area contributed by atoms with Gasteiger partial charge in [0.15, 0.2) is 0 Å². The second-order valence-electron chi connectivity index (χ2n) is 4.02. The van der Waals surface area contributed by atoms with E-state index in [1.54, 1.807) is 19.9 Å². The van der Waals surface area contributed by atoms with Gasteiger partial charge in [-0.1, -0.05) is 13.8 Å². The lowest BCUT2D eigenvalue weighted by Crippen LogP contribution is -2.48. The largest absolute Gasteiger partial charge is 0.480 e. The van der Waals surface area contributed by atoms with E-state index in [9.17, 15) is 9.59 Å². The van der Waals surface area contributed by atoms with Crippen LogP contribution in [0.4, 0.5) is 4.79 Å². The number of furan rings is 1. The van der Waals surface area contributed by atoms with E-state index in [-0.39, 0.29) is 5.92 Å². The van der Waals surface area contributed by atoms with Gasteiger partial charge in [-0.25, -0.2) is 9.59 Å². The topological polar surface area (TPSA) is 91.6 Å². The number of carbonyl (C=O) groups is 2. The molecule has 3 N–H and O–H groups in total. The van der Waals surface area contributed by atoms with Gasteiger partial charge in [0.2, 0.25) is 0 Å². The van der Waals surface area contributed by atoms with E-state index in [0.717, 1.165) is 5.56 Å². The Hall–Kier alpha value is -1.98. The first-order chi connectivity index (χ1) is 8.00. The van der Waals surface area contributed by atoms with E-state index in [0.29, 0.717) is 6.54 Å². The molecule has 1 rings (SSSR count). The maximum atomic E-state index is 11.4. The Labute approximate surface area is 99.0 Å². The van der Waals surface area contributed by atoms with Gasteiger partial charge in [0.1, 0.15) is 6.04 Å². The molecule has 0 aliphatic heterocycles. The van der Waals surface area contributed by atoms with Crippen molar-refractivity contribution in [1.29, 1.82) is 0 Å². The molecule has 2 amide bonds. The van der Waals surface area contributed by atoms with Gasteiger partial charge < -0.3 is 20.2 Å². The van der Waals surface area contributed by atoms with Crippen LogP contribution in [0.25, 0.3) is 0 Å². The highest BCUT2D eigenvalue weighted by molar-refractivity contribution is 5.82. The van der Waals surface area contributed by atoms with Crippen LogP contribution < -0.4 is 10.6 Å². The van der Waals surface area contributed by atoms with Crippen molar-refractivity contribution in [3.05, 3.63) is 24.2 Å². The molecule has 0 saturated carbocycles. The van der Waals surface area contributed by atoms with Crippen molar-refractivity contribution >= 4 is 12.0 Å². The molecular weight excluding hydrogens is 224 g/mol. The lowest BCUT2D eigenvalue weighted by atomic mass is 10.1. The molecule has 6 heteroatoms. The summed E-state index contributed by atoms with van der Waals surface area (Å²) in [6.07, 6.45) is 3.01. The fraction of sp³-hybridized carbons (Fsp3) is 0.455. The van der Waals surface area contributed by atoms with Gasteiger partial charge in [-0.15, -0.1) is 0 Å². The predicted octanol–water partition coefficient (Wildman–Crippen LogP) is 1.19. The van der Waals surface area contributed by atoms with E-state index in [1.165, 1.54) is 12.5 Å². The van der Waals surface area contributed by atoms with Crippen molar-refractivity contribution in [3.8, 4) is 0 Å². The molecule has 0 aromatic carbocycles. The molecule has 17 heavy (non-hydrogen) atoms. The Bertz CT molecular complexity index is 373. The second kappa shape index (κ2) is 5.93. The number of hydrogen-bond acceptors (Lipinski definition) is 3. The van der Waals surface area contributed by atoms with Gasteiger partial charge in [0, 0.05) is 12.1 Å². The molecule has 0 unspecified atom stereocenters. The number of hydrogen-bond donors (Lipinski definition) is 3. The number of carboxylic acids is 1. The van der Waals surface area contributed by atoms with Crippen molar-refractivity contribution in [2.45, 2.75) is 26.4 Å². The summed E-state index contributed by atoms with van der Waals surface area (Å²) in [6, 6.07) is 0.323. The highest BCUT2D eigenvalue weighted by Crippen LogP contribution is 2.02. The molecule has 0 aliphatic rings. The third kappa shape index (κ3) is 4.18. The Morgan fingerprint density at radius 2 is 2.18 bits per heavy atom. The molecule has 1 aromatic heterocycles. The molecule has 0 aliphatic carbocycles. The summed E-state index contributed by atoms with van der Waals surface area (Å²) in [7, 11) is 0. The normalized spacial score (nSPS) is 12.2. The first-order valence-electron chi connectivity index (χ1n) is 5.29. The lowest BCUT2D eigenvalue weighted by Gasteiger charge is -2.18. The minimum atomic E-state index is -1.04. The first-order valence-corrected chi connectivity index (χ1v) is 5.29. The molecule has 1 aromatic rings. The maximum absolute atomic E-state index is 11.4. The number of aliphatic carboxylic acids is 1. The van der Waals surface area contributed by atoms with Crippen LogP contribution in [0.3, 0.4) is 0 Å². The van der Waals surface area contributed by atoms with Crippen LogP contribution >= 0.6 is 0 Å². The number of rotatable bonds is 5. The van der Waals surface area contributed by atoms with Crippen molar-refractivity contribution in [2.75, 3.05) is 0 Å². The van der Waals surface area contributed by atoms with Crippen molar-refractivity contribution < 1.29 is 19.1 Å². The zero-order chi connectivity index (χ0) is 12.8. The zero-order valence-electron chi connectivity index (χ0n) is 9.77. The quantitative estimate of drug-likeness (QED) is 0.720. The molecule has 0 spiro atoms. The molecule has 94 valence electrons. The number of urea groups is 1. The van der Waals surface area contributed by atoms with Crippen LogP contribution in [-0.2, 0) is 11.3 Å². The third-order valence-corrected chi connectivity index (χ3v) is 2.25. The fourth-order valence-corrected chi connectivity index (χ4v) is 1.28. The van der Waals surface area contributed by atoms with Gasteiger partial charge in [-0.3, -0.25) is 0 Å². The Morgan fingerprint density at radius 3 is 2.65 bits per heavy atom. The summed E-state index contributed by atoms with van der Waals surface area (Å²) in [5.41, 5.74) is 0.816. The Kier molecular flexibility index (Phi) is 4.56. The van der Waals surface area contributed by atoms with Gasteiger partial charge in [0.05, 0.1) is 12.5 Å². The zero-order valence-corrected chi connectivity index (χ0v) is 9.77. The Morgan fingerprint density at radius 1 is 1.47 bits per heavy atom. The minimum Gasteiger partial charge on any atom is -0.480 e. The average molecular weight is 240 g/mol. The molecule has 0 fully saturated rings. The molecule has 6 nitrogen and oxygen atoms in total. The summed E-state index contributed by atoms with van der Waals surface area (Å²) in [5, 5.41) is 13.8. The minimum absolute atomic E-state index is 0.174. The smallest absolute Gasteiger partial charge is 0.326 e. The number of carbonyl (C=O) groups excluding carboxylic acids is 1. The first kappa shape index (κ1) is 13.1. The van der Waals surface area contributed by atoms with Crippen LogP contribution in [0.2, 0.25) is 0 Å². The standard InChI is InChI=1S/C11H16N2O4/c1-7(2)9(10(14)15)13-11(16)12-5-8-3-4-17-6-8/h3-4,6-7,9H,5H2,1-2H3,(H,14,15)(H2,12,13,16)/t9-/m1/s1. The SMILES string of the molecule is CC(C)[C@@H](NC(=O)NCc1ccoc1)C(=O)O. The van der Waals surface area contributed by atoms with Crippen molar-refractivity contribution in [3.63, 3.8) is 0 Å². The lowest BCUT2D eigenvalue weighted by molar-refractivity contribution is -0.140. The van der Waals surface area contributed by atoms with Crippen LogP contribution in [0.5, 0.6) is 0 Å². The van der Waals surface area contributed by atoms with Gasteiger partial charge >= 0.3 is 12.0 Å². The Balaban J connectivity index is 2.40. The number of carboxylic acid groups (broad SMARTS) is 1. The summed E-state index contributed by atoms with van der Waals surface area (Å²) < 4.78 is 4.84. The summed E-state index contributed by atoms with van der Waals surface area (Å²) in [6.45, 7) is 3.76. The summed E-state index contributed by atoms with van der Waals surface area (Å²) in [5.74, 6) is -1.22. The average Bonchev–Trinajstić information content (AvgIpc) is 2.74. The van der Waals surface area contributed by atoms with Gasteiger partial charge in [-0.2, -0.15) is 0 Å². The monoisotopic (exact) mass is 240 g/mol. The maximum Gasteiger partial charge on any atom is 0.326 e. The van der Waals surface area contributed by atoms with Crippen LogP contribution in [0.15, 0.2) is 23.0 Å². The molecule has 0 bridgehead atoms. The third-order valence-electron chi connectivity index (χ3n) is 2.25. The van der Waals surface area contributed by atoms with E-state index < -0.39 is 18.0 Å².